The number of nitrogens with one attached hydrogen (secondary N) is 2. The van der Waals surface area contributed by atoms with Crippen molar-refractivity contribution in [3.05, 3.63) is 15.0 Å². The SMILES string of the molecule is CCc1nnc(NC(=O)c2nnc(CCCC(=O)NC3CCCCC3)s2)s1. The van der Waals surface area contributed by atoms with E-state index in [0.717, 1.165) is 29.3 Å². The van der Waals surface area contributed by atoms with Gasteiger partial charge in [-0.05, 0) is 25.7 Å². The van der Waals surface area contributed by atoms with Crippen molar-refractivity contribution in [2.24, 2.45) is 0 Å². The van der Waals surface area contributed by atoms with Gasteiger partial charge in [0, 0.05) is 18.9 Å². The lowest BCUT2D eigenvalue weighted by molar-refractivity contribution is -0.122. The first-order valence-electron chi connectivity index (χ1n) is 9.39. The maximum atomic E-state index is 12.2. The lowest BCUT2D eigenvalue weighted by Gasteiger charge is -2.22. The van der Waals surface area contributed by atoms with Gasteiger partial charge in [-0.15, -0.1) is 20.4 Å². The minimum Gasteiger partial charge on any atom is -0.353 e. The smallest absolute Gasteiger partial charge is 0.288 e. The van der Waals surface area contributed by atoms with Gasteiger partial charge in [0.15, 0.2) is 0 Å². The van der Waals surface area contributed by atoms with Crippen molar-refractivity contribution in [1.82, 2.24) is 25.7 Å². The van der Waals surface area contributed by atoms with E-state index in [1.807, 2.05) is 6.92 Å². The number of aryl methyl sites for hydroxylation is 2. The highest BCUT2D eigenvalue weighted by Crippen LogP contribution is 2.19. The molecular weight excluding hydrogens is 384 g/mol. The first-order chi connectivity index (χ1) is 13.1. The summed E-state index contributed by atoms with van der Waals surface area (Å²) in [6.45, 7) is 1.98. The van der Waals surface area contributed by atoms with Gasteiger partial charge in [0.25, 0.3) is 5.91 Å². The molecular formula is C17H24N6O2S2. The van der Waals surface area contributed by atoms with Gasteiger partial charge in [-0.3, -0.25) is 14.9 Å². The summed E-state index contributed by atoms with van der Waals surface area (Å²) >= 11 is 2.60. The van der Waals surface area contributed by atoms with Gasteiger partial charge in [-0.25, -0.2) is 0 Å². The van der Waals surface area contributed by atoms with Crippen molar-refractivity contribution in [3.8, 4) is 0 Å². The molecule has 2 aromatic heterocycles. The van der Waals surface area contributed by atoms with Crippen LogP contribution in [0.2, 0.25) is 0 Å². The minimum absolute atomic E-state index is 0.104. The first kappa shape index (κ1) is 19.8. The van der Waals surface area contributed by atoms with Crippen LogP contribution in [0.25, 0.3) is 0 Å². The van der Waals surface area contributed by atoms with E-state index >= 15 is 0 Å². The molecule has 0 spiro atoms. The monoisotopic (exact) mass is 408 g/mol. The third-order valence-electron chi connectivity index (χ3n) is 4.42. The van der Waals surface area contributed by atoms with Gasteiger partial charge < -0.3 is 5.32 Å². The molecule has 0 aliphatic heterocycles. The number of anilines is 1. The number of carbonyl (C=O) groups is 2. The summed E-state index contributed by atoms with van der Waals surface area (Å²) < 4.78 is 0. The van der Waals surface area contributed by atoms with Gasteiger partial charge in [0.2, 0.25) is 16.0 Å². The number of amides is 2. The number of rotatable bonds is 8. The van der Waals surface area contributed by atoms with Crippen molar-refractivity contribution in [1.29, 1.82) is 0 Å². The zero-order valence-electron chi connectivity index (χ0n) is 15.4. The Balaban J connectivity index is 1.40. The molecule has 3 rings (SSSR count). The van der Waals surface area contributed by atoms with Crippen LogP contribution >= 0.6 is 22.7 Å². The Morgan fingerprint density at radius 3 is 2.56 bits per heavy atom. The van der Waals surface area contributed by atoms with Crippen LogP contribution in [0.5, 0.6) is 0 Å². The summed E-state index contributed by atoms with van der Waals surface area (Å²) in [7, 11) is 0. The molecule has 1 aliphatic carbocycles. The molecule has 2 N–H and O–H groups in total. The number of hydrogen-bond donors (Lipinski definition) is 2. The van der Waals surface area contributed by atoms with E-state index in [2.05, 4.69) is 31.0 Å². The van der Waals surface area contributed by atoms with E-state index in [0.29, 0.717) is 35.4 Å². The number of aromatic nitrogens is 4. The topological polar surface area (TPSA) is 110 Å². The van der Waals surface area contributed by atoms with E-state index in [1.54, 1.807) is 0 Å². The molecule has 0 radical (unpaired) electrons. The van der Waals surface area contributed by atoms with Crippen LogP contribution in [0.1, 0.15) is 71.7 Å². The van der Waals surface area contributed by atoms with E-state index in [1.165, 1.54) is 41.9 Å². The van der Waals surface area contributed by atoms with Gasteiger partial charge in [-0.2, -0.15) is 0 Å². The first-order valence-corrected chi connectivity index (χ1v) is 11.0. The highest BCUT2D eigenvalue weighted by Gasteiger charge is 2.17. The van der Waals surface area contributed by atoms with Crippen LogP contribution in [-0.4, -0.2) is 38.3 Å². The molecule has 0 atom stereocenters. The van der Waals surface area contributed by atoms with Crippen molar-refractivity contribution >= 4 is 39.6 Å². The third-order valence-corrected chi connectivity index (χ3v) is 6.38. The quantitative estimate of drug-likeness (QED) is 0.695. The Labute approximate surface area is 166 Å². The lowest BCUT2D eigenvalue weighted by atomic mass is 9.95. The third kappa shape index (κ3) is 6.03. The molecule has 2 heterocycles. The van der Waals surface area contributed by atoms with Crippen LogP contribution in [0.4, 0.5) is 5.13 Å². The number of carbonyl (C=O) groups excluding carboxylic acids is 2. The van der Waals surface area contributed by atoms with Crippen LogP contribution in [0.3, 0.4) is 0 Å². The zero-order chi connectivity index (χ0) is 19.1. The summed E-state index contributed by atoms with van der Waals surface area (Å²) in [6.07, 6.45) is 8.47. The predicted molar refractivity (Wildman–Crippen MR) is 105 cm³/mol. The van der Waals surface area contributed by atoms with Gasteiger partial charge in [0.1, 0.15) is 10.0 Å². The summed E-state index contributed by atoms with van der Waals surface area (Å²) in [5, 5.41) is 24.1. The molecule has 0 aromatic carbocycles. The summed E-state index contributed by atoms with van der Waals surface area (Å²) in [5.41, 5.74) is 0. The molecule has 1 aliphatic rings. The van der Waals surface area contributed by atoms with E-state index in [9.17, 15) is 9.59 Å². The fourth-order valence-electron chi connectivity index (χ4n) is 2.99. The summed E-state index contributed by atoms with van der Waals surface area (Å²) in [4.78, 5) is 24.2. The Morgan fingerprint density at radius 2 is 1.81 bits per heavy atom. The van der Waals surface area contributed by atoms with Crippen LogP contribution in [0, 0.1) is 0 Å². The summed E-state index contributed by atoms with van der Waals surface area (Å²) in [5.74, 6) is -0.222. The molecule has 27 heavy (non-hydrogen) atoms. The van der Waals surface area contributed by atoms with Crippen LogP contribution in [0.15, 0.2) is 0 Å². The number of hydrogen-bond acceptors (Lipinski definition) is 8. The minimum atomic E-state index is -0.326. The molecule has 8 nitrogen and oxygen atoms in total. The van der Waals surface area contributed by atoms with Gasteiger partial charge >= 0.3 is 0 Å². The molecule has 146 valence electrons. The predicted octanol–water partition coefficient (Wildman–Crippen LogP) is 2.98. The van der Waals surface area contributed by atoms with E-state index in [4.69, 9.17) is 0 Å². The van der Waals surface area contributed by atoms with E-state index in [-0.39, 0.29) is 11.8 Å². The second-order valence-electron chi connectivity index (χ2n) is 6.57. The highest BCUT2D eigenvalue weighted by atomic mass is 32.1. The zero-order valence-corrected chi connectivity index (χ0v) is 17.0. The van der Waals surface area contributed by atoms with Gasteiger partial charge in [0.05, 0.1) is 0 Å². The normalized spacial score (nSPS) is 14.9. The Kier molecular flexibility index (Phi) is 7.22. The number of nitrogens with zero attached hydrogens (tertiary/aromatic N) is 4. The Morgan fingerprint density at radius 1 is 1.04 bits per heavy atom. The second-order valence-corrected chi connectivity index (χ2v) is 8.69. The molecule has 0 unspecified atom stereocenters. The van der Waals surface area contributed by atoms with Crippen LogP contribution < -0.4 is 10.6 Å². The van der Waals surface area contributed by atoms with E-state index < -0.39 is 0 Å². The molecule has 10 heteroatoms. The van der Waals surface area contributed by atoms with Crippen LogP contribution in [-0.2, 0) is 17.6 Å². The fourth-order valence-corrected chi connectivity index (χ4v) is 4.44. The molecule has 1 fully saturated rings. The van der Waals surface area contributed by atoms with Crippen molar-refractivity contribution in [2.75, 3.05) is 5.32 Å². The average molecular weight is 409 g/mol. The molecule has 0 saturated heterocycles. The van der Waals surface area contributed by atoms with Crippen molar-refractivity contribution in [2.45, 2.75) is 70.8 Å². The largest absolute Gasteiger partial charge is 0.353 e. The molecule has 2 amide bonds. The maximum Gasteiger partial charge on any atom is 0.288 e. The highest BCUT2D eigenvalue weighted by molar-refractivity contribution is 7.16. The molecule has 0 bridgehead atoms. The van der Waals surface area contributed by atoms with Crippen molar-refractivity contribution in [3.63, 3.8) is 0 Å². The van der Waals surface area contributed by atoms with Crippen molar-refractivity contribution < 1.29 is 9.59 Å². The molecule has 2 aromatic rings. The van der Waals surface area contributed by atoms with Gasteiger partial charge in [-0.1, -0.05) is 48.9 Å². The Hall–Kier alpha value is -1.94. The molecule has 1 saturated carbocycles. The standard InChI is InChI=1S/C17H24N6O2S2/c1-2-13-20-23-17(27-13)19-15(25)16-22-21-14(26-16)10-6-9-12(24)18-11-7-4-3-5-8-11/h11H,2-10H2,1H3,(H,18,24)(H,19,23,25). The Bertz CT molecular complexity index is 769. The lowest BCUT2D eigenvalue weighted by Crippen LogP contribution is -2.36. The maximum absolute atomic E-state index is 12.2. The summed E-state index contributed by atoms with van der Waals surface area (Å²) in [6, 6.07) is 0.344. The second kappa shape index (κ2) is 9.84. The average Bonchev–Trinajstić information content (AvgIpc) is 3.32. The fraction of sp³-hybridized carbons (Fsp3) is 0.647.